The van der Waals surface area contributed by atoms with E-state index < -0.39 is 16.1 Å². The molecule has 1 amide bonds. The number of methoxy groups -OCH3 is 1. The van der Waals surface area contributed by atoms with Crippen LogP contribution in [-0.2, 0) is 24.4 Å². The molecule has 0 spiro atoms. The van der Waals surface area contributed by atoms with Gasteiger partial charge in [0.2, 0.25) is 10.0 Å². The largest absolute Gasteiger partial charge is 0.453 e. The van der Waals surface area contributed by atoms with Crippen LogP contribution in [0.2, 0.25) is 0 Å². The van der Waals surface area contributed by atoms with Crippen molar-refractivity contribution in [2.45, 2.75) is 152 Å². The molecule has 0 bridgehead atoms. The molecule has 0 aromatic heterocycles. The molecule has 5 rings (SSSR count). The zero-order valence-corrected chi connectivity index (χ0v) is 34.7. The molecule has 0 unspecified atom stereocenters. The molecule has 0 heterocycles. The highest BCUT2D eigenvalue weighted by atomic mass is 32.2. The molecule has 2 aromatic carbocycles. The fourth-order valence-electron chi connectivity index (χ4n) is 5.49. The first-order valence-corrected chi connectivity index (χ1v) is 20.7. The highest BCUT2D eigenvalue weighted by Crippen LogP contribution is 2.36. The Morgan fingerprint density at radius 2 is 1.23 bits per heavy atom. The monoisotopic (exact) mass is 758 g/mol. The topological polar surface area (TPSA) is 123 Å². The van der Waals surface area contributed by atoms with Crippen molar-refractivity contribution in [2.75, 3.05) is 7.11 Å². The maximum Gasteiger partial charge on any atom is 0.407 e. The summed E-state index contributed by atoms with van der Waals surface area (Å²) in [5.74, 6) is 1.13. The minimum atomic E-state index is -2.94. The van der Waals surface area contributed by atoms with Gasteiger partial charge in [-0.25, -0.2) is 17.9 Å². The van der Waals surface area contributed by atoms with Gasteiger partial charge in [-0.1, -0.05) is 129 Å². The standard InChI is InChI=1S/C16H15NO.C13H23NO3.C7H16.C6H13NO2S.CH4/c1-11(2)18-17-16-14-9-5-3-7-12(14)13-8-4-6-10-15(13)16;1-9(2)12(15)11(14-13(16)17-3)10-7-5-4-6-8-10;1-6(2)7(3,4)5;1-5(2)7-10(8,9)6-3-4-6;/h3-11H,1-2H3;9-11H,4-8H2,1-3H3,(H,14,16);6H,1-5H3;5-7H,3-4H2,1-2H3;1H4/t;11-;;;/m.0.../s1. The summed E-state index contributed by atoms with van der Waals surface area (Å²) in [6.07, 6.45) is 6.83. The number of rotatable bonds is 9. The average Bonchev–Trinajstić information content (AvgIpc) is 3.90. The molecule has 0 saturated heterocycles. The lowest BCUT2D eigenvalue weighted by molar-refractivity contribution is -0.125. The van der Waals surface area contributed by atoms with Crippen LogP contribution in [0.5, 0.6) is 0 Å². The predicted molar refractivity (Wildman–Crippen MR) is 221 cm³/mol. The van der Waals surface area contributed by atoms with Gasteiger partial charge in [-0.2, -0.15) is 0 Å². The quantitative estimate of drug-likeness (QED) is 0.210. The van der Waals surface area contributed by atoms with E-state index >= 15 is 0 Å². The van der Waals surface area contributed by atoms with E-state index in [1.54, 1.807) is 0 Å². The van der Waals surface area contributed by atoms with Crippen LogP contribution in [0, 0.1) is 23.2 Å². The molecule has 10 heteroatoms. The second-order valence-corrected chi connectivity index (χ2v) is 18.3. The van der Waals surface area contributed by atoms with Gasteiger partial charge in [0.15, 0.2) is 5.78 Å². The first-order chi connectivity index (χ1) is 24.3. The third-order valence-electron chi connectivity index (χ3n) is 9.56. The molecule has 2 fully saturated rings. The summed E-state index contributed by atoms with van der Waals surface area (Å²) >= 11 is 0. The number of hydrogen-bond donors (Lipinski definition) is 2. The van der Waals surface area contributed by atoms with Crippen LogP contribution in [0.4, 0.5) is 4.79 Å². The summed E-state index contributed by atoms with van der Waals surface area (Å²) < 4.78 is 29.3. The predicted octanol–water partition coefficient (Wildman–Crippen LogP) is 10.2. The van der Waals surface area contributed by atoms with Crippen LogP contribution < -0.4 is 10.0 Å². The number of fused-ring (bicyclic) bond motifs is 3. The van der Waals surface area contributed by atoms with Crippen molar-refractivity contribution in [1.29, 1.82) is 0 Å². The molecule has 1 atom stereocenters. The maximum absolute atomic E-state index is 12.1. The number of alkyl carbamates (subject to hydrolysis) is 1. The van der Waals surface area contributed by atoms with Crippen molar-refractivity contribution >= 4 is 27.6 Å². The van der Waals surface area contributed by atoms with E-state index in [2.05, 4.69) is 90.9 Å². The van der Waals surface area contributed by atoms with Crippen molar-refractivity contribution < 1.29 is 27.6 Å². The Labute approximate surface area is 322 Å². The molecular weight excluding hydrogens is 687 g/mol. The van der Waals surface area contributed by atoms with Crippen molar-refractivity contribution in [3.8, 4) is 11.1 Å². The normalized spacial score (nSPS) is 15.7. The molecule has 0 aliphatic heterocycles. The first-order valence-electron chi connectivity index (χ1n) is 19.1. The number of ether oxygens (including phenoxy) is 1. The number of nitrogens with one attached hydrogen (secondary N) is 2. The van der Waals surface area contributed by atoms with Crippen LogP contribution in [0.1, 0.15) is 140 Å². The van der Waals surface area contributed by atoms with E-state index in [9.17, 15) is 18.0 Å². The van der Waals surface area contributed by atoms with Crippen molar-refractivity contribution in [2.24, 2.45) is 28.3 Å². The lowest BCUT2D eigenvalue weighted by Crippen LogP contribution is -2.48. The van der Waals surface area contributed by atoms with Crippen LogP contribution in [-0.4, -0.2) is 56.6 Å². The van der Waals surface area contributed by atoms with Gasteiger partial charge >= 0.3 is 6.09 Å². The fraction of sp³-hybridized carbons (Fsp3) is 0.651. The summed E-state index contributed by atoms with van der Waals surface area (Å²) in [7, 11) is -1.61. The van der Waals surface area contributed by atoms with E-state index in [1.807, 2.05) is 53.7 Å². The lowest BCUT2D eigenvalue weighted by Gasteiger charge is -2.30. The number of amides is 1. The number of carbonyl (C=O) groups is 2. The number of sulfonamides is 1. The summed E-state index contributed by atoms with van der Waals surface area (Å²) in [5.41, 5.74) is 6.21. The van der Waals surface area contributed by atoms with E-state index in [4.69, 9.17) is 4.84 Å². The molecule has 2 N–H and O–H groups in total. The lowest BCUT2D eigenvalue weighted by atomic mass is 9.80. The zero-order valence-electron chi connectivity index (χ0n) is 33.9. The summed E-state index contributed by atoms with van der Waals surface area (Å²) in [4.78, 5) is 28.9. The van der Waals surface area contributed by atoms with Crippen LogP contribution in [0.3, 0.4) is 0 Å². The van der Waals surface area contributed by atoms with E-state index in [0.29, 0.717) is 5.41 Å². The van der Waals surface area contributed by atoms with Gasteiger partial charge in [-0.15, -0.1) is 0 Å². The van der Waals surface area contributed by atoms with Gasteiger partial charge in [-0.3, -0.25) is 4.79 Å². The molecule has 3 aliphatic rings. The second-order valence-electron chi connectivity index (χ2n) is 16.3. The summed E-state index contributed by atoms with van der Waals surface area (Å²) in [6.45, 7) is 22.7. The van der Waals surface area contributed by atoms with Crippen molar-refractivity contribution in [1.82, 2.24) is 10.0 Å². The Hall–Kier alpha value is -3.24. The number of ketones is 1. The van der Waals surface area contributed by atoms with Crippen LogP contribution in [0.25, 0.3) is 11.1 Å². The van der Waals surface area contributed by atoms with Gasteiger partial charge in [0.05, 0.1) is 18.4 Å². The Morgan fingerprint density at radius 1 is 0.774 bits per heavy atom. The van der Waals surface area contributed by atoms with Crippen molar-refractivity contribution in [3.63, 3.8) is 0 Å². The molecule has 2 aromatic rings. The molecule has 300 valence electrons. The SMILES string of the molecule is C.CC(C)C(C)(C)C.CC(C)NS(=O)(=O)C1CC1.CC(C)ON=C1c2ccccc2-c2ccccc21.COC(=O)N[C@H](C(=O)C(C)C)C1CCCCC1. The third kappa shape index (κ3) is 15.9. The molecule has 3 aliphatic carbocycles. The number of nitrogens with zero attached hydrogens (tertiary/aromatic N) is 1. The molecule has 9 nitrogen and oxygen atoms in total. The Balaban J connectivity index is 0.000000373. The fourth-order valence-corrected chi connectivity index (χ4v) is 7.09. The third-order valence-corrected chi connectivity index (χ3v) is 11.7. The number of carbonyl (C=O) groups excluding carboxylic acids is 2. The summed E-state index contributed by atoms with van der Waals surface area (Å²) in [5, 5.41) is 6.94. The molecule has 0 radical (unpaired) electrons. The Morgan fingerprint density at radius 3 is 1.58 bits per heavy atom. The Kier molecular flexibility index (Phi) is 20.0. The smallest absolute Gasteiger partial charge is 0.407 e. The minimum Gasteiger partial charge on any atom is -0.453 e. The van der Waals surface area contributed by atoms with Crippen LogP contribution in [0.15, 0.2) is 53.7 Å². The van der Waals surface area contributed by atoms with E-state index in [0.717, 1.165) is 61.3 Å². The van der Waals surface area contributed by atoms with E-state index in [1.165, 1.54) is 24.7 Å². The second kappa shape index (κ2) is 22.2. The first kappa shape index (κ1) is 47.8. The molecule has 2 saturated carbocycles. The van der Waals surface area contributed by atoms with Gasteiger partial charge in [0.1, 0.15) is 11.8 Å². The Bertz CT molecular complexity index is 1500. The van der Waals surface area contributed by atoms with Gasteiger partial charge in [-0.05, 0) is 81.8 Å². The molecule has 53 heavy (non-hydrogen) atoms. The highest BCUT2D eigenvalue weighted by Gasteiger charge is 2.36. The van der Waals surface area contributed by atoms with Gasteiger partial charge < -0.3 is 14.9 Å². The van der Waals surface area contributed by atoms with E-state index in [-0.39, 0.29) is 48.5 Å². The number of Topliss-reactive ketones (excluding diaryl/α,β-unsaturated/α-hetero) is 1. The number of benzene rings is 2. The highest BCUT2D eigenvalue weighted by molar-refractivity contribution is 7.90. The number of oxime groups is 1. The van der Waals surface area contributed by atoms with Gasteiger partial charge in [0.25, 0.3) is 0 Å². The zero-order chi connectivity index (χ0) is 39.2. The summed E-state index contributed by atoms with van der Waals surface area (Å²) in [6, 6.07) is 16.3. The maximum atomic E-state index is 12.1. The average molecular weight is 758 g/mol. The van der Waals surface area contributed by atoms with Crippen LogP contribution >= 0.6 is 0 Å². The van der Waals surface area contributed by atoms with Gasteiger partial charge in [0, 0.05) is 23.1 Å². The molecular formula is C43H71N3O6S. The minimum absolute atomic E-state index is 0. The number of hydrogen-bond acceptors (Lipinski definition) is 7. The van der Waals surface area contributed by atoms with Crippen molar-refractivity contribution in [3.05, 3.63) is 59.7 Å².